The number of nitrogens with two attached hydrogens (primary N) is 2. The summed E-state index contributed by atoms with van der Waals surface area (Å²) in [6.07, 6.45) is 1.46. The third-order valence-electron chi connectivity index (χ3n) is 2.57. The SMILES string of the molecule is CNC(CCCNC(=N)N)C(=O)NCCNCCN. The van der Waals surface area contributed by atoms with Crippen LogP contribution >= 0.6 is 0 Å². The molecule has 0 saturated heterocycles. The van der Waals surface area contributed by atoms with Crippen LogP contribution in [0.1, 0.15) is 12.8 Å². The van der Waals surface area contributed by atoms with Crippen LogP contribution in [-0.4, -0.2) is 57.7 Å². The highest BCUT2D eigenvalue weighted by molar-refractivity contribution is 5.81. The first kappa shape index (κ1) is 17.6. The van der Waals surface area contributed by atoms with Crippen molar-refractivity contribution in [3.8, 4) is 0 Å². The molecule has 1 atom stereocenters. The fourth-order valence-electron chi connectivity index (χ4n) is 1.56. The monoisotopic (exact) mass is 273 g/mol. The van der Waals surface area contributed by atoms with Crippen molar-refractivity contribution in [2.75, 3.05) is 39.8 Å². The van der Waals surface area contributed by atoms with Gasteiger partial charge in [0, 0.05) is 32.7 Å². The third-order valence-corrected chi connectivity index (χ3v) is 2.57. The van der Waals surface area contributed by atoms with E-state index in [0.29, 0.717) is 32.6 Å². The van der Waals surface area contributed by atoms with Crippen molar-refractivity contribution in [3.05, 3.63) is 0 Å². The molecule has 0 heterocycles. The number of likely N-dealkylation sites (N-methyl/N-ethyl adjacent to an activating group) is 1. The van der Waals surface area contributed by atoms with Crippen molar-refractivity contribution in [2.24, 2.45) is 11.5 Å². The van der Waals surface area contributed by atoms with Crippen LogP contribution in [0.15, 0.2) is 0 Å². The van der Waals surface area contributed by atoms with E-state index in [0.717, 1.165) is 13.0 Å². The second-order valence-corrected chi connectivity index (χ2v) is 4.15. The zero-order valence-electron chi connectivity index (χ0n) is 11.6. The summed E-state index contributed by atoms with van der Waals surface area (Å²) in [6.45, 7) is 3.24. The van der Waals surface area contributed by atoms with Gasteiger partial charge in [0.1, 0.15) is 0 Å². The summed E-state index contributed by atoms with van der Waals surface area (Å²) in [5.74, 6) is -0.0590. The van der Waals surface area contributed by atoms with E-state index < -0.39 is 0 Å². The van der Waals surface area contributed by atoms with E-state index >= 15 is 0 Å². The van der Waals surface area contributed by atoms with Crippen LogP contribution in [0.25, 0.3) is 0 Å². The average Bonchev–Trinajstić information content (AvgIpc) is 2.38. The molecule has 8 heteroatoms. The molecule has 0 aromatic rings. The molecule has 0 aromatic carbocycles. The van der Waals surface area contributed by atoms with Gasteiger partial charge < -0.3 is 32.7 Å². The molecular formula is C11H27N7O. The molecule has 0 radical (unpaired) electrons. The van der Waals surface area contributed by atoms with Crippen molar-refractivity contribution in [2.45, 2.75) is 18.9 Å². The van der Waals surface area contributed by atoms with Gasteiger partial charge in [0.2, 0.25) is 5.91 Å². The van der Waals surface area contributed by atoms with Crippen LogP contribution in [0.5, 0.6) is 0 Å². The first-order chi connectivity index (χ1) is 9.11. The van der Waals surface area contributed by atoms with Gasteiger partial charge in [0.05, 0.1) is 6.04 Å². The molecule has 1 amide bonds. The van der Waals surface area contributed by atoms with Crippen molar-refractivity contribution >= 4 is 11.9 Å². The number of hydrogen-bond donors (Lipinski definition) is 7. The van der Waals surface area contributed by atoms with Crippen LogP contribution in [-0.2, 0) is 4.79 Å². The number of hydrogen-bond acceptors (Lipinski definition) is 5. The molecule has 0 fully saturated rings. The van der Waals surface area contributed by atoms with Crippen LogP contribution in [0, 0.1) is 5.41 Å². The maximum absolute atomic E-state index is 11.8. The van der Waals surface area contributed by atoms with Crippen molar-refractivity contribution in [1.29, 1.82) is 5.41 Å². The number of nitrogens with one attached hydrogen (secondary N) is 5. The predicted molar refractivity (Wildman–Crippen MR) is 76.9 cm³/mol. The van der Waals surface area contributed by atoms with Crippen LogP contribution < -0.4 is 32.7 Å². The van der Waals surface area contributed by atoms with Gasteiger partial charge in [0.25, 0.3) is 0 Å². The van der Waals surface area contributed by atoms with Gasteiger partial charge in [-0.3, -0.25) is 10.2 Å². The Morgan fingerprint density at radius 3 is 2.53 bits per heavy atom. The first-order valence-electron chi connectivity index (χ1n) is 6.55. The van der Waals surface area contributed by atoms with E-state index in [1.807, 2.05) is 0 Å². The molecule has 8 nitrogen and oxygen atoms in total. The highest BCUT2D eigenvalue weighted by atomic mass is 16.2. The average molecular weight is 273 g/mol. The predicted octanol–water partition coefficient (Wildman–Crippen LogP) is -2.50. The lowest BCUT2D eigenvalue weighted by Crippen LogP contribution is -2.45. The van der Waals surface area contributed by atoms with Crippen LogP contribution in [0.3, 0.4) is 0 Å². The standard InChI is InChI=1S/C11H27N7O/c1-15-9(3-2-5-18-11(13)14)10(19)17-8-7-16-6-4-12/h9,15-16H,2-8,12H2,1H3,(H,17,19)(H4,13,14,18). The Balaban J connectivity index is 3.69. The number of amides is 1. The van der Waals surface area contributed by atoms with Gasteiger partial charge in [-0.1, -0.05) is 0 Å². The van der Waals surface area contributed by atoms with Crippen LogP contribution in [0.2, 0.25) is 0 Å². The molecule has 0 rings (SSSR count). The van der Waals surface area contributed by atoms with Gasteiger partial charge in [-0.05, 0) is 19.9 Å². The van der Waals surface area contributed by atoms with E-state index in [1.54, 1.807) is 7.05 Å². The van der Waals surface area contributed by atoms with E-state index in [4.69, 9.17) is 16.9 Å². The molecule has 19 heavy (non-hydrogen) atoms. The topological polar surface area (TPSA) is 141 Å². The molecule has 0 aromatic heterocycles. The van der Waals surface area contributed by atoms with Gasteiger partial charge in [-0.15, -0.1) is 0 Å². The molecule has 9 N–H and O–H groups in total. The van der Waals surface area contributed by atoms with Crippen molar-refractivity contribution < 1.29 is 4.79 Å². The molecule has 112 valence electrons. The number of carbonyl (C=O) groups is 1. The normalized spacial score (nSPS) is 11.9. The van der Waals surface area contributed by atoms with E-state index in [2.05, 4.69) is 21.3 Å². The minimum Gasteiger partial charge on any atom is -0.370 e. The summed E-state index contributed by atoms with van der Waals surface area (Å²) in [7, 11) is 1.76. The Kier molecular flexibility index (Phi) is 10.8. The third kappa shape index (κ3) is 10.2. The van der Waals surface area contributed by atoms with Gasteiger partial charge in [-0.2, -0.15) is 0 Å². The summed E-state index contributed by atoms with van der Waals surface area (Å²) < 4.78 is 0. The van der Waals surface area contributed by atoms with E-state index in [1.165, 1.54) is 0 Å². The maximum Gasteiger partial charge on any atom is 0.237 e. The summed E-state index contributed by atoms with van der Waals surface area (Å²) in [5.41, 5.74) is 10.5. The summed E-state index contributed by atoms with van der Waals surface area (Å²) in [5, 5.41) is 18.7. The number of guanidine groups is 1. The zero-order chi connectivity index (χ0) is 14.5. The molecular weight excluding hydrogens is 246 g/mol. The highest BCUT2D eigenvalue weighted by Gasteiger charge is 2.14. The van der Waals surface area contributed by atoms with Crippen LogP contribution in [0.4, 0.5) is 0 Å². The number of rotatable bonds is 11. The van der Waals surface area contributed by atoms with E-state index in [-0.39, 0.29) is 17.9 Å². The lowest BCUT2D eigenvalue weighted by atomic mass is 10.1. The fourth-order valence-corrected chi connectivity index (χ4v) is 1.56. The minimum atomic E-state index is -0.219. The van der Waals surface area contributed by atoms with Gasteiger partial charge >= 0.3 is 0 Å². The fraction of sp³-hybridized carbons (Fsp3) is 0.818. The highest BCUT2D eigenvalue weighted by Crippen LogP contribution is 1.96. The lowest BCUT2D eigenvalue weighted by molar-refractivity contribution is -0.123. The Morgan fingerprint density at radius 2 is 1.95 bits per heavy atom. The number of carbonyl (C=O) groups excluding carboxylic acids is 1. The summed E-state index contributed by atoms with van der Waals surface area (Å²) in [6, 6.07) is -0.219. The molecule has 0 aliphatic heterocycles. The van der Waals surface area contributed by atoms with Gasteiger partial charge in [0.15, 0.2) is 5.96 Å². The Labute approximate surface area is 114 Å². The minimum absolute atomic E-state index is 0.0140. The van der Waals surface area contributed by atoms with Gasteiger partial charge in [-0.25, -0.2) is 0 Å². The summed E-state index contributed by atoms with van der Waals surface area (Å²) >= 11 is 0. The molecule has 1 unspecified atom stereocenters. The zero-order valence-corrected chi connectivity index (χ0v) is 11.6. The van der Waals surface area contributed by atoms with E-state index in [9.17, 15) is 4.79 Å². The summed E-state index contributed by atoms with van der Waals surface area (Å²) in [4.78, 5) is 11.8. The Bertz CT molecular complexity index is 259. The Hall–Kier alpha value is -1.38. The Morgan fingerprint density at radius 1 is 1.21 bits per heavy atom. The van der Waals surface area contributed by atoms with Crippen molar-refractivity contribution in [1.82, 2.24) is 21.3 Å². The smallest absolute Gasteiger partial charge is 0.237 e. The van der Waals surface area contributed by atoms with Crippen molar-refractivity contribution in [3.63, 3.8) is 0 Å². The quantitative estimate of drug-likeness (QED) is 0.126. The maximum atomic E-state index is 11.8. The largest absolute Gasteiger partial charge is 0.370 e. The molecule has 0 bridgehead atoms. The molecule has 0 spiro atoms. The lowest BCUT2D eigenvalue weighted by Gasteiger charge is -2.16. The second-order valence-electron chi connectivity index (χ2n) is 4.15. The molecule has 0 aliphatic rings. The second kappa shape index (κ2) is 11.7. The first-order valence-corrected chi connectivity index (χ1v) is 6.55. The molecule has 0 saturated carbocycles. The molecule has 0 aliphatic carbocycles.